The highest BCUT2D eigenvalue weighted by Gasteiger charge is 2.39. The summed E-state index contributed by atoms with van der Waals surface area (Å²) >= 11 is 0. The average Bonchev–Trinajstić information content (AvgIpc) is 3.04. The van der Waals surface area contributed by atoms with Crippen LogP contribution in [-0.4, -0.2) is 59.2 Å². The van der Waals surface area contributed by atoms with Gasteiger partial charge in [-0.2, -0.15) is 0 Å². The molecular formula is C22H28N4O3. The van der Waals surface area contributed by atoms with E-state index in [4.69, 9.17) is 0 Å². The van der Waals surface area contributed by atoms with Gasteiger partial charge in [-0.1, -0.05) is 12.1 Å². The van der Waals surface area contributed by atoms with Gasteiger partial charge in [0, 0.05) is 31.1 Å². The molecule has 0 aliphatic carbocycles. The van der Waals surface area contributed by atoms with Gasteiger partial charge in [-0.25, -0.2) is 0 Å². The lowest BCUT2D eigenvalue weighted by molar-refractivity contribution is -0.136. The number of hydrogen-bond acceptors (Lipinski definition) is 5. The highest BCUT2D eigenvalue weighted by molar-refractivity contribution is 6.05. The Hall–Kier alpha value is -2.25. The van der Waals surface area contributed by atoms with Gasteiger partial charge in [0.15, 0.2) is 0 Å². The first kappa shape index (κ1) is 18.8. The van der Waals surface area contributed by atoms with Crippen molar-refractivity contribution < 1.29 is 14.4 Å². The van der Waals surface area contributed by atoms with E-state index < -0.39 is 6.04 Å². The van der Waals surface area contributed by atoms with Gasteiger partial charge in [0.05, 0.1) is 0 Å². The summed E-state index contributed by atoms with van der Waals surface area (Å²) in [5.74, 6) is 0.0367. The fraction of sp³-hybridized carbons (Fsp3) is 0.591. The monoisotopic (exact) mass is 396 g/mol. The van der Waals surface area contributed by atoms with Crippen molar-refractivity contribution in [2.75, 3.05) is 19.6 Å². The van der Waals surface area contributed by atoms with Crippen LogP contribution in [0, 0.1) is 5.92 Å². The molecule has 0 saturated carbocycles. The molecule has 3 amide bonds. The minimum atomic E-state index is -0.548. The normalized spacial score (nSPS) is 30.1. The maximum absolute atomic E-state index is 13.0. The average molecular weight is 396 g/mol. The first-order valence-electron chi connectivity index (χ1n) is 10.8. The van der Waals surface area contributed by atoms with Crippen molar-refractivity contribution in [3.05, 3.63) is 34.9 Å². The molecule has 3 atom stereocenters. The zero-order chi connectivity index (χ0) is 20.0. The van der Waals surface area contributed by atoms with E-state index in [1.54, 1.807) is 4.90 Å². The molecule has 154 valence electrons. The Morgan fingerprint density at radius 3 is 2.86 bits per heavy atom. The van der Waals surface area contributed by atoms with Crippen LogP contribution < -0.4 is 10.6 Å². The molecule has 4 aliphatic rings. The third-order valence-corrected chi connectivity index (χ3v) is 7.04. The fourth-order valence-corrected chi connectivity index (χ4v) is 5.54. The third-order valence-electron chi connectivity index (χ3n) is 7.04. The van der Waals surface area contributed by atoms with Crippen LogP contribution in [0.5, 0.6) is 0 Å². The van der Waals surface area contributed by atoms with E-state index in [-0.39, 0.29) is 24.1 Å². The standard InChI is InChI=1S/C22H28N4O3/c27-20-6-5-19(21(28)24-20)26-13-16-4-3-14(10-17(16)22(26)29)12-25-9-1-2-15-11-23-8-7-18(15)25/h3-4,10,15,18-19,23H,1-2,5-9,11-13H2,(H,24,27,28). The molecule has 3 unspecified atom stereocenters. The van der Waals surface area contributed by atoms with Gasteiger partial charge >= 0.3 is 0 Å². The third kappa shape index (κ3) is 3.46. The molecule has 29 heavy (non-hydrogen) atoms. The zero-order valence-corrected chi connectivity index (χ0v) is 16.7. The Bertz CT molecular complexity index is 852. The predicted octanol–water partition coefficient (Wildman–Crippen LogP) is 1.02. The summed E-state index contributed by atoms with van der Waals surface area (Å²) in [7, 11) is 0. The number of rotatable bonds is 3. The van der Waals surface area contributed by atoms with Crippen LogP contribution in [-0.2, 0) is 22.7 Å². The van der Waals surface area contributed by atoms with E-state index in [0.29, 0.717) is 24.6 Å². The Morgan fingerprint density at radius 1 is 1.10 bits per heavy atom. The summed E-state index contributed by atoms with van der Waals surface area (Å²) in [5, 5.41) is 5.88. The number of amides is 3. The van der Waals surface area contributed by atoms with Crippen molar-refractivity contribution in [2.24, 2.45) is 5.92 Å². The van der Waals surface area contributed by atoms with Gasteiger partial charge in [0.1, 0.15) is 6.04 Å². The number of carbonyl (C=O) groups excluding carboxylic acids is 3. The molecule has 1 aromatic rings. The van der Waals surface area contributed by atoms with Crippen LogP contribution in [0.1, 0.15) is 53.6 Å². The molecule has 3 saturated heterocycles. The fourth-order valence-electron chi connectivity index (χ4n) is 5.54. The number of imide groups is 1. The Labute approximate surface area is 170 Å². The van der Waals surface area contributed by atoms with E-state index in [1.165, 1.54) is 24.8 Å². The largest absolute Gasteiger partial charge is 0.322 e. The summed E-state index contributed by atoms with van der Waals surface area (Å²) < 4.78 is 0. The molecule has 5 rings (SSSR count). The van der Waals surface area contributed by atoms with E-state index in [0.717, 1.165) is 37.7 Å². The molecule has 7 nitrogen and oxygen atoms in total. The second-order valence-electron chi connectivity index (χ2n) is 8.82. The van der Waals surface area contributed by atoms with Crippen LogP contribution >= 0.6 is 0 Å². The Morgan fingerprint density at radius 2 is 2.00 bits per heavy atom. The van der Waals surface area contributed by atoms with Crippen molar-refractivity contribution in [1.82, 2.24) is 20.4 Å². The van der Waals surface area contributed by atoms with Crippen molar-refractivity contribution in [1.29, 1.82) is 0 Å². The van der Waals surface area contributed by atoms with E-state index >= 15 is 0 Å². The van der Waals surface area contributed by atoms with E-state index in [9.17, 15) is 14.4 Å². The van der Waals surface area contributed by atoms with Crippen molar-refractivity contribution in [3.8, 4) is 0 Å². The van der Waals surface area contributed by atoms with Gasteiger partial charge in [-0.05, 0) is 68.4 Å². The summed E-state index contributed by atoms with van der Waals surface area (Å²) in [5.41, 5.74) is 2.86. The second kappa shape index (κ2) is 7.54. The first-order chi connectivity index (χ1) is 14.1. The molecule has 2 N–H and O–H groups in total. The van der Waals surface area contributed by atoms with Crippen molar-refractivity contribution >= 4 is 17.7 Å². The zero-order valence-electron chi connectivity index (χ0n) is 16.7. The molecular weight excluding hydrogens is 368 g/mol. The molecule has 0 spiro atoms. The molecule has 0 aromatic heterocycles. The van der Waals surface area contributed by atoms with Gasteiger partial charge in [0.25, 0.3) is 5.91 Å². The molecule has 0 radical (unpaired) electrons. The van der Waals surface area contributed by atoms with Crippen LogP contribution in [0.15, 0.2) is 18.2 Å². The van der Waals surface area contributed by atoms with Crippen LogP contribution in [0.3, 0.4) is 0 Å². The lowest BCUT2D eigenvalue weighted by atomic mass is 9.84. The van der Waals surface area contributed by atoms with Crippen LogP contribution in [0.4, 0.5) is 0 Å². The highest BCUT2D eigenvalue weighted by atomic mass is 16.2. The minimum absolute atomic E-state index is 0.0882. The molecule has 1 aromatic carbocycles. The number of nitrogens with one attached hydrogen (secondary N) is 2. The number of nitrogens with zero attached hydrogens (tertiary/aromatic N) is 2. The van der Waals surface area contributed by atoms with Gasteiger partial charge in [0.2, 0.25) is 11.8 Å². The predicted molar refractivity (Wildman–Crippen MR) is 107 cm³/mol. The summed E-state index contributed by atoms with van der Waals surface area (Å²) in [6.45, 7) is 4.64. The Kier molecular flexibility index (Phi) is 4.87. The molecule has 4 aliphatic heterocycles. The number of carbonyl (C=O) groups is 3. The maximum Gasteiger partial charge on any atom is 0.255 e. The second-order valence-corrected chi connectivity index (χ2v) is 8.82. The lowest BCUT2D eigenvalue weighted by Gasteiger charge is -2.44. The first-order valence-corrected chi connectivity index (χ1v) is 10.8. The number of benzene rings is 1. The van der Waals surface area contributed by atoms with Crippen molar-refractivity contribution in [3.63, 3.8) is 0 Å². The molecule has 0 bridgehead atoms. The topological polar surface area (TPSA) is 81.8 Å². The quantitative estimate of drug-likeness (QED) is 0.746. The smallest absolute Gasteiger partial charge is 0.255 e. The van der Waals surface area contributed by atoms with Gasteiger partial charge < -0.3 is 10.2 Å². The Balaban J connectivity index is 1.31. The number of hydrogen-bond donors (Lipinski definition) is 2. The van der Waals surface area contributed by atoms with E-state index in [2.05, 4.69) is 21.6 Å². The SMILES string of the molecule is O=C1CCC(N2Cc3ccc(CN4CCCC5CNCCC54)cc3C2=O)C(=O)N1. The minimum Gasteiger partial charge on any atom is -0.322 e. The molecule has 7 heteroatoms. The maximum atomic E-state index is 13.0. The van der Waals surface area contributed by atoms with E-state index in [1.807, 2.05) is 12.1 Å². The highest BCUT2D eigenvalue weighted by Crippen LogP contribution is 2.31. The summed E-state index contributed by atoms with van der Waals surface area (Å²) in [4.78, 5) is 40.9. The lowest BCUT2D eigenvalue weighted by Crippen LogP contribution is -2.52. The molecule has 4 heterocycles. The van der Waals surface area contributed by atoms with Crippen LogP contribution in [0.25, 0.3) is 0 Å². The molecule has 3 fully saturated rings. The van der Waals surface area contributed by atoms with Crippen molar-refractivity contribution in [2.45, 2.75) is 57.3 Å². The van der Waals surface area contributed by atoms with Gasteiger partial charge in [-0.15, -0.1) is 0 Å². The van der Waals surface area contributed by atoms with Gasteiger partial charge in [-0.3, -0.25) is 24.6 Å². The number of piperidine rings is 3. The number of fused-ring (bicyclic) bond motifs is 2. The van der Waals surface area contributed by atoms with Crippen LogP contribution in [0.2, 0.25) is 0 Å². The summed E-state index contributed by atoms with van der Waals surface area (Å²) in [6.07, 6.45) is 4.42. The number of likely N-dealkylation sites (tertiary alicyclic amines) is 1. The summed E-state index contributed by atoms with van der Waals surface area (Å²) in [6, 6.07) is 6.28.